The van der Waals surface area contributed by atoms with E-state index in [1.165, 1.54) is 0 Å². The van der Waals surface area contributed by atoms with Crippen LogP contribution in [0.1, 0.15) is 37.1 Å². The van der Waals surface area contributed by atoms with Gasteiger partial charge in [0.15, 0.2) is 0 Å². The van der Waals surface area contributed by atoms with Crippen LogP contribution in [0.15, 0.2) is 4.42 Å². The molecule has 1 heterocycles. The van der Waals surface area contributed by atoms with Crippen molar-refractivity contribution in [2.45, 2.75) is 33.2 Å². The zero-order valence-electron chi connectivity index (χ0n) is 7.22. The van der Waals surface area contributed by atoms with Gasteiger partial charge in [-0.25, -0.2) is 4.98 Å². The van der Waals surface area contributed by atoms with Crippen molar-refractivity contribution in [3.63, 3.8) is 0 Å². The zero-order valence-corrected chi connectivity index (χ0v) is 7.22. The van der Waals surface area contributed by atoms with E-state index in [0.29, 0.717) is 18.4 Å². The lowest BCUT2D eigenvalue weighted by molar-refractivity contribution is 0.439. The first-order valence-electron chi connectivity index (χ1n) is 3.81. The van der Waals surface area contributed by atoms with Crippen molar-refractivity contribution in [1.29, 1.82) is 0 Å². The van der Waals surface area contributed by atoms with E-state index in [9.17, 15) is 0 Å². The van der Waals surface area contributed by atoms with Gasteiger partial charge >= 0.3 is 0 Å². The molecule has 0 aromatic carbocycles. The third kappa shape index (κ3) is 1.60. The van der Waals surface area contributed by atoms with Crippen LogP contribution in [0.5, 0.6) is 0 Å². The highest BCUT2D eigenvalue weighted by Crippen LogP contribution is 2.19. The summed E-state index contributed by atoms with van der Waals surface area (Å²) in [5, 5.41) is 0. The average Bonchev–Trinajstić information content (AvgIpc) is 2.30. The first kappa shape index (κ1) is 8.27. The van der Waals surface area contributed by atoms with Crippen molar-refractivity contribution in [3.8, 4) is 0 Å². The lowest BCUT2D eigenvalue weighted by Gasteiger charge is -1.98. The van der Waals surface area contributed by atoms with E-state index in [1.54, 1.807) is 0 Å². The largest absolute Gasteiger partial charge is 0.444 e. The van der Waals surface area contributed by atoms with E-state index in [-0.39, 0.29) is 0 Å². The van der Waals surface area contributed by atoms with E-state index in [4.69, 9.17) is 10.2 Å². The van der Waals surface area contributed by atoms with E-state index in [2.05, 4.69) is 18.8 Å². The molecule has 0 radical (unpaired) electrons. The van der Waals surface area contributed by atoms with Gasteiger partial charge in [0, 0.05) is 5.92 Å². The molecule has 0 aliphatic carbocycles. The second kappa shape index (κ2) is 3.05. The molecular formula is C8H14N2O. The Morgan fingerprint density at radius 2 is 2.18 bits per heavy atom. The van der Waals surface area contributed by atoms with Gasteiger partial charge in [0.1, 0.15) is 5.76 Å². The molecule has 0 unspecified atom stereocenters. The number of nitrogens with zero attached hydrogens (tertiary/aromatic N) is 1. The fourth-order valence-electron chi connectivity index (χ4n) is 1.09. The highest BCUT2D eigenvalue weighted by atomic mass is 16.4. The number of oxazole rings is 1. The van der Waals surface area contributed by atoms with Crippen LogP contribution in [0.25, 0.3) is 0 Å². The van der Waals surface area contributed by atoms with Gasteiger partial charge in [-0.15, -0.1) is 0 Å². The summed E-state index contributed by atoms with van der Waals surface area (Å²) in [5.74, 6) is 1.97. The Labute approximate surface area is 66.6 Å². The van der Waals surface area contributed by atoms with Crippen LogP contribution in [-0.2, 0) is 6.54 Å². The molecule has 0 atom stereocenters. The van der Waals surface area contributed by atoms with E-state index in [0.717, 1.165) is 11.5 Å². The SMILES string of the molecule is Cc1nc(CN)oc1C(C)C. The highest BCUT2D eigenvalue weighted by molar-refractivity contribution is 5.11. The van der Waals surface area contributed by atoms with Crippen LogP contribution in [0, 0.1) is 6.92 Å². The Morgan fingerprint density at radius 1 is 1.55 bits per heavy atom. The Bertz CT molecular complexity index is 240. The Hall–Kier alpha value is -0.830. The lowest BCUT2D eigenvalue weighted by atomic mass is 10.1. The predicted octanol–water partition coefficient (Wildman–Crippen LogP) is 1.57. The molecular weight excluding hydrogens is 140 g/mol. The van der Waals surface area contributed by atoms with E-state index in [1.807, 2.05) is 6.92 Å². The number of aryl methyl sites for hydroxylation is 1. The van der Waals surface area contributed by atoms with Crippen LogP contribution < -0.4 is 5.73 Å². The van der Waals surface area contributed by atoms with Gasteiger partial charge in [0.05, 0.1) is 12.2 Å². The maximum Gasteiger partial charge on any atom is 0.208 e. The molecule has 1 rings (SSSR count). The summed E-state index contributed by atoms with van der Waals surface area (Å²) in [6, 6.07) is 0. The molecule has 3 nitrogen and oxygen atoms in total. The second-order valence-electron chi connectivity index (χ2n) is 2.92. The summed E-state index contributed by atoms with van der Waals surface area (Å²) in [4.78, 5) is 4.16. The van der Waals surface area contributed by atoms with Crippen molar-refractivity contribution in [1.82, 2.24) is 4.98 Å². The molecule has 0 saturated carbocycles. The van der Waals surface area contributed by atoms with Gasteiger partial charge in [-0.3, -0.25) is 0 Å². The number of rotatable bonds is 2. The summed E-state index contributed by atoms with van der Waals surface area (Å²) < 4.78 is 5.39. The quantitative estimate of drug-likeness (QED) is 0.703. The summed E-state index contributed by atoms with van der Waals surface area (Å²) >= 11 is 0. The minimum atomic E-state index is 0.382. The van der Waals surface area contributed by atoms with Crippen molar-refractivity contribution in [2.75, 3.05) is 0 Å². The molecule has 11 heavy (non-hydrogen) atoms. The maximum atomic E-state index is 5.39. The average molecular weight is 154 g/mol. The van der Waals surface area contributed by atoms with Gasteiger partial charge in [-0.05, 0) is 6.92 Å². The molecule has 0 aliphatic heterocycles. The first-order chi connectivity index (χ1) is 5.15. The molecule has 3 heteroatoms. The molecule has 0 amide bonds. The summed E-state index contributed by atoms with van der Waals surface area (Å²) in [6.45, 7) is 6.48. The predicted molar refractivity (Wildman–Crippen MR) is 43.2 cm³/mol. The Morgan fingerprint density at radius 3 is 2.45 bits per heavy atom. The number of nitrogens with two attached hydrogens (primary N) is 1. The normalized spacial score (nSPS) is 11.0. The zero-order chi connectivity index (χ0) is 8.43. The third-order valence-electron chi connectivity index (χ3n) is 1.58. The molecule has 0 saturated heterocycles. The van der Waals surface area contributed by atoms with Gasteiger partial charge in [-0.1, -0.05) is 13.8 Å². The monoisotopic (exact) mass is 154 g/mol. The molecule has 0 bridgehead atoms. The topological polar surface area (TPSA) is 52.0 Å². The Kier molecular flexibility index (Phi) is 2.29. The maximum absolute atomic E-state index is 5.39. The van der Waals surface area contributed by atoms with Gasteiger partial charge in [-0.2, -0.15) is 0 Å². The standard InChI is InChI=1S/C8H14N2O/c1-5(2)8-6(3)10-7(4-9)11-8/h5H,4,9H2,1-3H3. The molecule has 2 N–H and O–H groups in total. The van der Waals surface area contributed by atoms with Gasteiger partial charge < -0.3 is 10.2 Å². The van der Waals surface area contributed by atoms with Crippen molar-refractivity contribution >= 4 is 0 Å². The van der Waals surface area contributed by atoms with Crippen LogP contribution in [0.2, 0.25) is 0 Å². The Balaban J connectivity index is 2.97. The third-order valence-corrected chi connectivity index (χ3v) is 1.58. The minimum absolute atomic E-state index is 0.382. The molecule has 1 aromatic rings. The molecule has 0 aliphatic rings. The van der Waals surface area contributed by atoms with E-state index >= 15 is 0 Å². The summed E-state index contributed by atoms with van der Waals surface area (Å²) in [6.07, 6.45) is 0. The minimum Gasteiger partial charge on any atom is -0.444 e. The van der Waals surface area contributed by atoms with Gasteiger partial charge in [0.2, 0.25) is 5.89 Å². The van der Waals surface area contributed by atoms with Gasteiger partial charge in [0.25, 0.3) is 0 Å². The summed E-state index contributed by atoms with van der Waals surface area (Å²) in [7, 11) is 0. The van der Waals surface area contributed by atoms with Crippen molar-refractivity contribution in [3.05, 3.63) is 17.3 Å². The van der Waals surface area contributed by atoms with Crippen LogP contribution in [0.4, 0.5) is 0 Å². The fourth-order valence-corrected chi connectivity index (χ4v) is 1.09. The van der Waals surface area contributed by atoms with Crippen molar-refractivity contribution < 1.29 is 4.42 Å². The highest BCUT2D eigenvalue weighted by Gasteiger charge is 2.10. The smallest absolute Gasteiger partial charge is 0.208 e. The van der Waals surface area contributed by atoms with Crippen LogP contribution >= 0.6 is 0 Å². The first-order valence-corrected chi connectivity index (χ1v) is 3.81. The lowest BCUT2D eigenvalue weighted by Crippen LogP contribution is -1.95. The van der Waals surface area contributed by atoms with Crippen molar-refractivity contribution in [2.24, 2.45) is 5.73 Å². The number of hydrogen-bond acceptors (Lipinski definition) is 3. The number of hydrogen-bond donors (Lipinski definition) is 1. The molecule has 0 fully saturated rings. The van der Waals surface area contributed by atoms with Crippen LogP contribution in [-0.4, -0.2) is 4.98 Å². The molecule has 0 spiro atoms. The fraction of sp³-hybridized carbons (Fsp3) is 0.625. The molecule has 62 valence electrons. The van der Waals surface area contributed by atoms with E-state index < -0.39 is 0 Å². The molecule has 1 aromatic heterocycles. The van der Waals surface area contributed by atoms with Crippen LogP contribution in [0.3, 0.4) is 0 Å². The number of aromatic nitrogens is 1. The summed E-state index contributed by atoms with van der Waals surface area (Å²) in [5.41, 5.74) is 6.33. The second-order valence-corrected chi connectivity index (χ2v) is 2.92.